The predicted octanol–water partition coefficient (Wildman–Crippen LogP) is 1.63. The molecule has 0 aliphatic rings. The molecule has 6 heteroatoms. The summed E-state index contributed by atoms with van der Waals surface area (Å²) in [5.41, 5.74) is 1.36. The van der Waals surface area contributed by atoms with Crippen molar-refractivity contribution in [2.45, 2.75) is 13.1 Å². The molecule has 3 nitrogen and oxygen atoms in total. The van der Waals surface area contributed by atoms with Gasteiger partial charge in [0.25, 0.3) is 5.91 Å². The fourth-order valence-corrected chi connectivity index (χ4v) is 1.32. The van der Waals surface area contributed by atoms with Crippen molar-refractivity contribution in [1.82, 2.24) is 5.32 Å². The number of aryl methyl sites for hydroxylation is 1. The Balaban J connectivity index is 2.87. The van der Waals surface area contributed by atoms with E-state index in [4.69, 9.17) is 5.11 Å². The van der Waals surface area contributed by atoms with Crippen LogP contribution < -0.4 is 5.32 Å². The number of nitrogens with one attached hydrogen (secondary N) is 1. The Labute approximate surface area is 108 Å². The Hall–Kier alpha value is -2.00. The number of rotatable bonds is 2. The summed E-state index contributed by atoms with van der Waals surface area (Å²) in [7, 11) is 0. The van der Waals surface area contributed by atoms with E-state index in [0.29, 0.717) is 5.56 Å². The molecule has 1 aromatic carbocycles. The maximum Gasteiger partial charge on any atom is 0.405 e. The second-order valence-electron chi connectivity index (χ2n) is 3.79. The van der Waals surface area contributed by atoms with Crippen molar-refractivity contribution >= 4 is 5.91 Å². The summed E-state index contributed by atoms with van der Waals surface area (Å²) in [6.45, 7) is 0.0418. The molecule has 0 aromatic heterocycles. The fourth-order valence-electron chi connectivity index (χ4n) is 1.32. The van der Waals surface area contributed by atoms with Gasteiger partial charge >= 0.3 is 6.18 Å². The Morgan fingerprint density at radius 1 is 1.42 bits per heavy atom. The average molecular weight is 271 g/mol. The number of halogens is 3. The summed E-state index contributed by atoms with van der Waals surface area (Å²) in [5, 5.41) is 10.4. The van der Waals surface area contributed by atoms with E-state index in [-0.39, 0.29) is 12.2 Å². The van der Waals surface area contributed by atoms with Crippen LogP contribution >= 0.6 is 0 Å². The largest absolute Gasteiger partial charge is 0.405 e. The summed E-state index contributed by atoms with van der Waals surface area (Å²) in [5.74, 6) is 4.23. The van der Waals surface area contributed by atoms with E-state index < -0.39 is 18.6 Å². The summed E-state index contributed by atoms with van der Waals surface area (Å²) in [6, 6.07) is 4.40. The first-order valence-electron chi connectivity index (χ1n) is 5.39. The SMILES string of the molecule is Cc1ccc(C(=O)NCC(F)(F)F)cc1C#CCO. The van der Waals surface area contributed by atoms with E-state index in [1.165, 1.54) is 12.1 Å². The quantitative estimate of drug-likeness (QED) is 0.803. The average Bonchev–Trinajstić information content (AvgIpc) is 2.34. The normalized spacial score (nSPS) is 10.6. The highest BCUT2D eigenvalue weighted by molar-refractivity contribution is 5.94. The van der Waals surface area contributed by atoms with Gasteiger partial charge in [-0.15, -0.1) is 0 Å². The minimum atomic E-state index is -4.44. The van der Waals surface area contributed by atoms with Crippen molar-refractivity contribution in [1.29, 1.82) is 0 Å². The van der Waals surface area contributed by atoms with Crippen LogP contribution in [0.25, 0.3) is 0 Å². The third kappa shape index (κ3) is 5.02. The number of carbonyl (C=O) groups excluding carboxylic acids is 1. The highest BCUT2D eigenvalue weighted by Gasteiger charge is 2.27. The van der Waals surface area contributed by atoms with Crippen molar-refractivity contribution in [3.63, 3.8) is 0 Å². The molecular weight excluding hydrogens is 259 g/mol. The molecule has 2 N–H and O–H groups in total. The number of hydrogen-bond acceptors (Lipinski definition) is 2. The first-order chi connectivity index (χ1) is 8.83. The lowest BCUT2D eigenvalue weighted by atomic mass is 10.0. The number of hydrogen-bond donors (Lipinski definition) is 2. The molecule has 0 atom stereocenters. The van der Waals surface area contributed by atoms with Crippen LogP contribution in [-0.2, 0) is 0 Å². The van der Waals surface area contributed by atoms with Gasteiger partial charge in [-0.05, 0) is 24.6 Å². The molecule has 0 aliphatic carbocycles. The highest BCUT2D eigenvalue weighted by Crippen LogP contribution is 2.14. The molecule has 0 radical (unpaired) electrons. The maximum atomic E-state index is 12.0. The first-order valence-corrected chi connectivity index (χ1v) is 5.39. The molecule has 1 aromatic rings. The Morgan fingerprint density at radius 2 is 2.11 bits per heavy atom. The van der Waals surface area contributed by atoms with Crippen molar-refractivity contribution in [2.75, 3.05) is 13.2 Å². The molecule has 0 fully saturated rings. The zero-order chi connectivity index (χ0) is 14.5. The van der Waals surface area contributed by atoms with Gasteiger partial charge in [0.2, 0.25) is 0 Å². The molecule has 0 unspecified atom stereocenters. The summed E-state index contributed by atoms with van der Waals surface area (Å²) < 4.78 is 35.9. The molecule has 1 rings (SSSR count). The van der Waals surface area contributed by atoms with E-state index >= 15 is 0 Å². The summed E-state index contributed by atoms with van der Waals surface area (Å²) in [6.07, 6.45) is -4.44. The van der Waals surface area contributed by atoms with Crippen LogP contribution in [-0.4, -0.2) is 30.3 Å². The Kier molecular flexibility index (Phi) is 4.95. The van der Waals surface area contributed by atoms with Crippen molar-refractivity contribution in [3.8, 4) is 11.8 Å². The van der Waals surface area contributed by atoms with Crippen LogP contribution in [0.3, 0.4) is 0 Å². The van der Waals surface area contributed by atoms with E-state index in [1.54, 1.807) is 18.3 Å². The molecule has 19 heavy (non-hydrogen) atoms. The number of benzene rings is 1. The third-order valence-electron chi connectivity index (χ3n) is 2.25. The van der Waals surface area contributed by atoms with Gasteiger partial charge in [-0.1, -0.05) is 17.9 Å². The topological polar surface area (TPSA) is 49.3 Å². The van der Waals surface area contributed by atoms with Crippen LogP contribution in [0.15, 0.2) is 18.2 Å². The number of aliphatic hydroxyl groups is 1. The van der Waals surface area contributed by atoms with Crippen LogP contribution in [0.5, 0.6) is 0 Å². The molecule has 0 spiro atoms. The standard InChI is InChI=1S/C13H12F3NO2/c1-9-4-5-11(7-10(9)3-2-6-18)12(19)17-8-13(14,15)16/h4-5,7,18H,6,8H2,1H3,(H,17,19). The number of amides is 1. The van der Waals surface area contributed by atoms with Gasteiger partial charge in [0.05, 0.1) is 0 Å². The van der Waals surface area contributed by atoms with Crippen LogP contribution in [0.1, 0.15) is 21.5 Å². The minimum Gasteiger partial charge on any atom is -0.384 e. The smallest absolute Gasteiger partial charge is 0.384 e. The Morgan fingerprint density at radius 3 is 2.68 bits per heavy atom. The predicted molar refractivity (Wildman–Crippen MR) is 63.5 cm³/mol. The van der Waals surface area contributed by atoms with Gasteiger partial charge < -0.3 is 10.4 Å². The van der Waals surface area contributed by atoms with Gasteiger partial charge in [-0.25, -0.2) is 0 Å². The van der Waals surface area contributed by atoms with Crippen LogP contribution in [0.2, 0.25) is 0 Å². The zero-order valence-corrected chi connectivity index (χ0v) is 10.1. The highest BCUT2D eigenvalue weighted by atomic mass is 19.4. The lowest BCUT2D eigenvalue weighted by Gasteiger charge is -2.09. The number of aliphatic hydroxyl groups excluding tert-OH is 1. The van der Waals surface area contributed by atoms with Crippen LogP contribution in [0, 0.1) is 18.8 Å². The second-order valence-corrected chi connectivity index (χ2v) is 3.79. The van der Waals surface area contributed by atoms with E-state index in [0.717, 1.165) is 5.56 Å². The molecule has 0 saturated heterocycles. The van der Waals surface area contributed by atoms with Gasteiger partial charge in [0.1, 0.15) is 13.2 Å². The molecule has 0 heterocycles. The van der Waals surface area contributed by atoms with E-state index in [2.05, 4.69) is 11.8 Å². The van der Waals surface area contributed by atoms with Gasteiger partial charge in [0.15, 0.2) is 0 Å². The molecule has 102 valence electrons. The third-order valence-corrected chi connectivity index (χ3v) is 2.25. The molecule has 1 amide bonds. The van der Waals surface area contributed by atoms with Crippen molar-refractivity contribution < 1.29 is 23.1 Å². The number of alkyl halides is 3. The molecular formula is C13H12F3NO2. The van der Waals surface area contributed by atoms with Gasteiger partial charge in [-0.2, -0.15) is 13.2 Å². The molecule has 0 saturated carbocycles. The van der Waals surface area contributed by atoms with Crippen molar-refractivity contribution in [3.05, 3.63) is 34.9 Å². The molecule has 0 aliphatic heterocycles. The maximum absolute atomic E-state index is 12.0. The van der Waals surface area contributed by atoms with Crippen molar-refractivity contribution in [2.24, 2.45) is 0 Å². The lowest BCUT2D eigenvalue weighted by Crippen LogP contribution is -2.33. The fraction of sp³-hybridized carbons (Fsp3) is 0.308. The first kappa shape index (κ1) is 15.1. The Bertz CT molecular complexity index is 527. The lowest BCUT2D eigenvalue weighted by molar-refractivity contribution is -0.123. The molecule has 0 bridgehead atoms. The summed E-state index contributed by atoms with van der Waals surface area (Å²) >= 11 is 0. The zero-order valence-electron chi connectivity index (χ0n) is 10.1. The minimum absolute atomic E-state index is 0.0945. The second kappa shape index (κ2) is 6.25. The van der Waals surface area contributed by atoms with Crippen LogP contribution in [0.4, 0.5) is 13.2 Å². The monoisotopic (exact) mass is 271 g/mol. The van der Waals surface area contributed by atoms with Gasteiger partial charge in [0, 0.05) is 11.1 Å². The van der Waals surface area contributed by atoms with E-state index in [9.17, 15) is 18.0 Å². The summed E-state index contributed by atoms with van der Waals surface area (Å²) in [4.78, 5) is 11.5. The van der Waals surface area contributed by atoms with Gasteiger partial charge in [-0.3, -0.25) is 4.79 Å². The number of carbonyl (C=O) groups is 1. The van der Waals surface area contributed by atoms with E-state index in [1.807, 2.05) is 0 Å².